The molecule has 0 aliphatic heterocycles. The van der Waals surface area contributed by atoms with Crippen molar-refractivity contribution in [2.24, 2.45) is 0 Å². The monoisotopic (exact) mass is 236 g/mol. The zero-order valence-corrected chi connectivity index (χ0v) is 11.7. The Hall–Kier alpha value is -1.09. The van der Waals surface area contributed by atoms with Gasteiger partial charge in [0.1, 0.15) is 0 Å². The van der Waals surface area contributed by atoms with Crippen molar-refractivity contribution < 1.29 is 8.99 Å². The number of nitrogens with zero attached hydrogens (tertiary/aromatic N) is 1. The summed E-state index contributed by atoms with van der Waals surface area (Å²) in [6, 6.07) is 6.11. The lowest BCUT2D eigenvalue weighted by Crippen LogP contribution is -2.32. The second-order valence-corrected chi connectivity index (χ2v) is 9.24. The normalized spacial score (nSPS) is 12.6. The van der Waals surface area contributed by atoms with Gasteiger partial charge in [0.2, 0.25) is 8.32 Å². The fraction of sp³-hybridized carbons (Fsp3) is 0.462. The molecule has 0 fully saturated rings. The molecule has 0 aromatic carbocycles. The molecule has 0 radical (unpaired) electrons. The molecular weight excluding hydrogens is 214 g/mol. The molecule has 1 aromatic heterocycles. The first-order valence-electron chi connectivity index (χ1n) is 5.83. The Morgan fingerprint density at radius 3 is 2.31 bits per heavy atom. The Morgan fingerprint density at radius 2 is 1.81 bits per heavy atom. The van der Waals surface area contributed by atoms with Gasteiger partial charge >= 0.3 is 0 Å². The fourth-order valence-electron chi connectivity index (χ4n) is 1.41. The summed E-state index contributed by atoms with van der Waals surface area (Å²) in [4.78, 5) is 0. The molecule has 0 aliphatic rings. The average molecular weight is 236 g/mol. The first-order chi connectivity index (χ1) is 7.51. The first kappa shape index (κ1) is 13.0. The highest BCUT2D eigenvalue weighted by atomic mass is 28.4. The molecule has 1 heterocycles. The van der Waals surface area contributed by atoms with E-state index in [1.54, 1.807) is 0 Å². The number of pyridine rings is 1. The van der Waals surface area contributed by atoms with Crippen LogP contribution in [-0.4, -0.2) is 8.32 Å². The Morgan fingerprint density at radius 1 is 1.19 bits per heavy atom. The van der Waals surface area contributed by atoms with E-state index >= 15 is 0 Å². The van der Waals surface area contributed by atoms with Crippen LogP contribution in [-0.2, 0) is 11.0 Å². The zero-order chi connectivity index (χ0) is 12.0. The van der Waals surface area contributed by atoms with Crippen LogP contribution in [0, 0.1) is 0 Å². The van der Waals surface area contributed by atoms with Gasteiger partial charge in [0.15, 0.2) is 18.9 Å². The molecule has 0 atom stereocenters. The molecule has 0 unspecified atom stereocenters. The van der Waals surface area contributed by atoms with Crippen LogP contribution in [0.2, 0.25) is 19.6 Å². The van der Waals surface area contributed by atoms with Crippen molar-refractivity contribution in [2.75, 3.05) is 0 Å². The molecule has 1 rings (SSSR count). The molecule has 16 heavy (non-hydrogen) atoms. The van der Waals surface area contributed by atoms with E-state index in [1.165, 1.54) is 0 Å². The molecule has 0 spiro atoms. The lowest BCUT2D eigenvalue weighted by atomic mass is 10.3. The lowest BCUT2D eigenvalue weighted by Gasteiger charge is -2.20. The SMILES string of the molecule is CC/C(=C\C[n+]1ccccc1)O[Si](C)(C)C. The number of allylic oxidation sites excluding steroid dienone is 2. The minimum Gasteiger partial charge on any atom is -0.547 e. The Balaban J connectivity index is 2.60. The van der Waals surface area contributed by atoms with Crippen LogP contribution in [0.15, 0.2) is 42.4 Å². The summed E-state index contributed by atoms with van der Waals surface area (Å²) in [6.07, 6.45) is 7.28. The second kappa shape index (κ2) is 5.85. The van der Waals surface area contributed by atoms with Gasteiger partial charge < -0.3 is 4.43 Å². The highest BCUT2D eigenvalue weighted by Gasteiger charge is 2.16. The van der Waals surface area contributed by atoms with Gasteiger partial charge in [-0.25, -0.2) is 4.57 Å². The molecule has 0 saturated heterocycles. The molecule has 88 valence electrons. The van der Waals surface area contributed by atoms with Crippen LogP contribution < -0.4 is 4.57 Å². The minimum atomic E-state index is -1.46. The van der Waals surface area contributed by atoms with Gasteiger partial charge in [0.05, 0.1) is 5.76 Å². The predicted molar refractivity (Wildman–Crippen MR) is 69.4 cm³/mol. The van der Waals surface area contributed by atoms with Crippen molar-refractivity contribution >= 4 is 8.32 Å². The lowest BCUT2D eigenvalue weighted by molar-refractivity contribution is -0.687. The van der Waals surface area contributed by atoms with Gasteiger partial charge in [-0.2, -0.15) is 0 Å². The van der Waals surface area contributed by atoms with E-state index in [9.17, 15) is 0 Å². The van der Waals surface area contributed by atoms with Crippen molar-refractivity contribution in [2.45, 2.75) is 39.5 Å². The van der Waals surface area contributed by atoms with Crippen LogP contribution in [0.5, 0.6) is 0 Å². The molecule has 2 nitrogen and oxygen atoms in total. The Bertz CT molecular complexity index is 341. The minimum absolute atomic E-state index is 0.883. The summed E-state index contributed by atoms with van der Waals surface area (Å²) in [5.41, 5.74) is 0. The van der Waals surface area contributed by atoms with Gasteiger partial charge in [-0.1, -0.05) is 13.0 Å². The molecule has 0 amide bonds. The van der Waals surface area contributed by atoms with Crippen LogP contribution in [0.1, 0.15) is 13.3 Å². The van der Waals surface area contributed by atoms with Gasteiger partial charge in [0, 0.05) is 24.6 Å². The van der Waals surface area contributed by atoms with Crippen LogP contribution >= 0.6 is 0 Å². The van der Waals surface area contributed by atoms with Crippen molar-refractivity contribution in [3.63, 3.8) is 0 Å². The topological polar surface area (TPSA) is 13.1 Å². The maximum absolute atomic E-state index is 6.00. The van der Waals surface area contributed by atoms with E-state index in [0.29, 0.717) is 0 Å². The van der Waals surface area contributed by atoms with E-state index in [2.05, 4.69) is 49.6 Å². The predicted octanol–water partition coefficient (Wildman–Crippen LogP) is 3.12. The summed E-state index contributed by atoms with van der Waals surface area (Å²) in [5, 5.41) is 0. The molecule has 0 saturated carbocycles. The van der Waals surface area contributed by atoms with Gasteiger partial charge in [-0.15, -0.1) is 0 Å². The Kier molecular flexibility index (Phi) is 4.74. The summed E-state index contributed by atoms with van der Waals surface area (Å²) in [5.74, 6) is 1.12. The summed E-state index contributed by atoms with van der Waals surface area (Å²) >= 11 is 0. The third-order valence-electron chi connectivity index (χ3n) is 2.09. The van der Waals surface area contributed by atoms with Crippen molar-refractivity contribution in [1.29, 1.82) is 0 Å². The van der Waals surface area contributed by atoms with E-state index in [0.717, 1.165) is 18.7 Å². The smallest absolute Gasteiger partial charge is 0.241 e. The van der Waals surface area contributed by atoms with Crippen LogP contribution in [0.25, 0.3) is 0 Å². The van der Waals surface area contributed by atoms with Crippen molar-refractivity contribution in [1.82, 2.24) is 0 Å². The zero-order valence-electron chi connectivity index (χ0n) is 10.7. The number of hydrogen-bond acceptors (Lipinski definition) is 1. The fourth-order valence-corrected chi connectivity index (χ4v) is 2.43. The first-order valence-corrected chi connectivity index (χ1v) is 9.24. The van der Waals surface area contributed by atoms with E-state index in [4.69, 9.17) is 4.43 Å². The highest BCUT2D eigenvalue weighted by Crippen LogP contribution is 2.12. The third-order valence-corrected chi connectivity index (χ3v) is 2.97. The Labute approximate surface area is 99.7 Å². The molecular formula is C13H22NOSi+. The summed E-state index contributed by atoms with van der Waals surface area (Å²) < 4.78 is 8.14. The van der Waals surface area contributed by atoms with Crippen LogP contribution in [0.3, 0.4) is 0 Å². The number of hydrogen-bond donors (Lipinski definition) is 0. The highest BCUT2D eigenvalue weighted by molar-refractivity contribution is 6.70. The molecule has 0 bridgehead atoms. The van der Waals surface area contributed by atoms with Crippen molar-refractivity contribution in [3.05, 3.63) is 42.4 Å². The maximum Gasteiger partial charge on any atom is 0.241 e. The molecule has 1 aromatic rings. The molecule has 0 aliphatic carbocycles. The number of rotatable bonds is 5. The van der Waals surface area contributed by atoms with E-state index in [-0.39, 0.29) is 0 Å². The second-order valence-electron chi connectivity index (χ2n) is 4.81. The summed E-state index contributed by atoms with van der Waals surface area (Å²) in [6.45, 7) is 9.67. The average Bonchev–Trinajstić information content (AvgIpc) is 2.24. The maximum atomic E-state index is 6.00. The molecule has 0 N–H and O–H groups in total. The quantitative estimate of drug-likeness (QED) is 0.435. The number of aromatic nitrogens is 1. The third kappa shape index (κ3) is 5.12. The molecule has 3 heteroatoms. The summed E-state index contributed by atoms with van der Waals surface area (Å²) in [7, 11) is -1.46. The van der Waals surface area contributed by atoms with E-state index < -0.39 is 8.32 Å². The van der Waals surface area contributed by atoms with Crippen molar-refractivity contribution in [3.8, 4) is 0 Å². The van der Waals surface area contributed by atoms with Gasteiger partial charge in [-0.05, 0) is 19.6 Å². The largest absolute Gasteiger partial charge is 0.547 e. The van der Waals surface area contributed by atoms with Gasteiger partial charge in [0.25, 0.3) is 0 Å². The van der Waals surface area contributed by atoms with Crippen LogP contribution in [0.4, 0.5) is 0 Å². The van der Waals surface area contributed by atoms with Gasteiger partial charge in [-0.3, -0.25) is 0 Å². The standard InChI is InChI=1S/C13H22NOSi/c1-5-13(15-16(2,3)4)9-12-14-10-7-6-8-11-14/h6-11H,5,12H2,1-4H3/q+1/b13-9+. The van der Waals surface area contributed by atoms with E-state index in [1.807, 2.05) is 18.2 Å².